The Bertz CT molecular complexity index is 1250. The maximum Gasteiger partial charge on any atom is 0.330 e. The summed E-state index contributed by atoms with van der Waals surface area (Å²) in [5.74, 6) is -1.11. The summed E-state index contributed by atoms with van der Waals surface area (Å²) in [6, 6.07) is 12.3. The van der Waals surface area contributed by atoms with Gasteiger partial charge in [0.25, 0.3) is 5.91 Å². The van der Waals surface area contributed by atoms with Crippen molar-refractivity contribution >= 4 is 28.7 Å². The zero-order chi connectivity index (χ0) is 24.2. The van der Waals surface area contributed by atoms with E-state index in [0.29, 0.717) is 48.7 Å². The van der Waals surface area contributed by atoms with Gasteiger partial charge in [-0.3, -0.25) is 9.59 Å². The van der Waals surface area contributed by atoms with Crippen molar-refractivity contribution in [2.24, 2.45) is 0 Å². The summed E-state index contributed by atoms with van der Waals surface area (Å²) in [7, 11) is 0. The van der Waals surface area contributed by atoms with Crippen LogP contribution in [0.4, 0.5) is 5.88 Å². The molecule has 4 rings (SSSR count). The Morgan fingerprint density at radius 1 is 1.15 bits per heavy atom. The van der Waals surface area contributed by atoms with Gasteiger partial charge in [-0.1, -0.05) is 30.3 Å². The number of ether oxygens (including phenoxy) is 1. The molecule has 0 spiro atoms. The van der Waals surface area contributed by atoms with Crippen molar-refractivity contribution in [1.82, 2.24) is 5.06 Å². The zero-order valence-electron chi connectivity index (χ0n) is 19.0. The minimum Gasteiger partial charge on any atom is -0.480 e. The van der Waals surface area contributed by atoms with Crippen molar-refractivity contribution in [2.45, 2.75) is 26.3 Å². The number of carbonyl (C=O) groups excluding carboxylic acids is 1. The molecule has 3 aromatic rings. The van der Waals surface area contributed by atoms with Crippen LogP contribution < -0.4 is 15.2 Å². The molecule has 1 aromatic heterocycles. The number of aliphatic carboxylic acids is 1. The number of rotatable bonds is 7. The molecule has 34 heavy (non-hydrogen) atoms. The Hall–Kier alpha value is -3.85. The molecule has 1 saturated heterocycles. The first-order valence-corrected chi connectivity index (χ1v) is 11.0. The third-order valence-corrected chi connectivity index (χ3v) is 5.75. The summed E-state index contributed by atoms with van der Waals surface area (Å²) < 4.78 is 11.4. The molecule has 2 heterocycles. The number of anilines is 1. The second-order valence-corrected chi connectivity index (χ2v) is 8.09. The van der Waals surface area contributed by atoms with E-state index in [1.54, 1.807) is 43.3 Å². The van der Waals surface area contributed by atoms with Gasteiger partial charge in [0, 0.05) is 38.1 Å². The van der Waals surface area contributed by atoms with E-state index in [9.17, 15) is 19.5 Å². The molecular weight excluding hydrogens is 440 g/mol. The van der Waals surface area contributed by atoms with Crippen LogP contribution in [0.5, 0.6) is 5.75 Å². The van der Waals surface area contributed by atoms with Crippen LogP contribution in [0.1, 0.15) is 18.1 Å². The first kappa shape index (κ1) is 23.3. The number of hydrogen-bond acceptors (Lipinski definition) is 7. The largest absolute Gasteiger partial charge is 0.480 e. The standard InChI is InChI=1S/C25H26N2O7/c1-16-22(34-27(17(2)28)20(25(30)31)14-18-6-4-3-5-7-18)9-8-19-21(29)15-23(33-24(16)19)26-10-12-32-13-11-26/h3-9,15,20H,10-14H2,1-2H3,(H,30,31). The maximum absolute atomic E-state index is 12.7. The topological polar surface area (TPSA) is 110 Å². The van der Waals surface area contributed by atoms with E-state index in [1.807, 2.05) is 11.0 Å². The molecule has 9 heteroatoms. The summed E-state index contributed by atoms with van der Waals surface area (Å²) in [6.07, 6.45) is 0.0681. The number of carbonyl (C=O) groups is 2. The van der Waals surface area contributed by atoms with Crippen molar-refractivity contribution < 1.29 is 28.7 Å². The Labute approximate surface area is 196 Å². The van der Waals surface area contributed by atoms with Gasteiger partial charge in [0.2, 0.25) is 0 Å². The van der Waals surface area contributed by atoms with Crippen molar-refractivity contribution in [3.8, 4) is 5.75 Å². The summed E-state index contributed by atoms with van der Waals surface area (Å²) in [5, 5.41) is 11.1. The van der Waals surface area contributed by atoms with E-state index < -0.39 is 17.9 Å². The van der Waals surface area contributed by atoms with Crippen LogP contribution in [0, 0.1) is 6.92 Å². The second kappa shape index (κ2) is 9.96. The van der Waals surface area contributed by atoms with E-state index in [2.05, 4.69) is 0 Å². The number of hydroxylamine groups is 2. The molecule has 1 unspecified atom stereocenters. The average molecular weight is 466 g/mol. The molecule has 0 bridgehead atoms. The molecule has 2 aromatic carbocycles. The fourth-order valence-electron chi connectivity index (χ4n) is 3.92. The van der Waals surface area contributed by atoms with Crippen LogP contribution in [-0.2, 0) is 20.7 Å². The molecule has 1 fully saturated rings. The van der Waals surface area contributed by atoms with E-state index >= 15 is 0 Å². The normalized spacial score (nSPS) is 14.6. The van der Waals surface area contributed by atoms with E-state index in [0.717, 1.165) is 10.6 Å². The Morgan fingerprint density at radius 2 is 1.85 bits per heavy atom. The Balaban J connectivity index is 1.69. The highest BCUT2D eigenvalue weighted by molar-refractivity contribution is 5.84. The SMILES string of the molecule is CC(=O)N(Oc1ccc2c(=O)cc(N3CCOCC3)oc2c1C)C(Cc1ccccc1)C(=O)O. The van der Waals surface area contributed by atoms with Gasteiger partial charge in [-0.15, -0.1) is 0 Å². The molecular formula is C25H26N2O7. The smallest absolute Gasteiger partial charge is 0.330 e. The number of carboxylic acid groups (broad SMARTS) is 1. The van der Waals surface area contributed by atoms with Gasteiger partial charge in [0.05, 0.1) is 18.6 Å². The minimum absolute atomic E-state index is 0.0681. The monoisotopic (exact) mass is 466 g/mol. The highest BCUT2D eigenvalue weighted by atomic mass is 16.7. The molecule has 1 amide bonds. The molecule has 9 nitrogen and oxygen atoms in total. The lowest BCUT2D eigenvalue weighted by Gasteiger charge is -2.28. The Morgan fingerprint density at radius 3 is 2.50 bits per heavy atom. The first-order chi connectivity index (χ1) is 16.3. The summed E-state index contributed by atoms with van der Waals surface area (Å²) in [4.78, 5) is 45.0. The van der Waals surface area contributed by atoms with Crippen LogP contribution in [-0.4, -0.2) is 54.4 Å². The quantitative estimate of drug-likeness (QED) is 0.530. The fourth-order valence-corrected chi connectivity index (χ4v) is 3.92. The van der Waals surface area contributed by atoms with Crippen molar-refractivity contribution in [3.63, 3.8) is 0 Å². The molecule has 178 valence electrons. The number of hydrogen-bond donors (Lipinski definition) is 1. The molecule has 0 aliphatic carbocycles. The molecule has 1 atom stereocenters. The summed E-state index contributed by atoms with van der Waals surface area (Å²) in [5.41, 5.74) is 1.36. The zero-order valence-corrected chi connectivity index (χ0v) is 19.0. The van der Waals surface area contributed by atoms with Gasteiger partial charge in [-0.25, -0.2) is 4.79 Å². The predicted octanol–water partition coefficient (Wildman–Crippen LogP) is 2.78. The van der Waals surface area contributed by atoms with E-state index in [1.165, 1.54) is 13.0 Å². The highest BCUT2D eigenvalue weighted by Gasteiger charge is 2.31. The maximum atomic E-state index is 12.7. The third kappa shape index (κ3) is 4.89. The molecule has 1 aliphatic rings. The van der Waals surface area contributed by atoms with E-state index in [-0.39, 0.29) is 17.6 Å². The van der Waals surface area contributed by atoms with Crippen molar-refractivity contribution in [1.29, 1.82) is 0 Å². The lowest BCUT2D eigenvalue weighted by molar-refractivity contribution is -0.175. The molecule has 1 N–H and O–H groups in total. The third-order valence-electron chi connectivity index (χ3n) is 5.75. The highest BCUT2D eigenvalue weighted by Crippen LogP contribution is 2.30. The van der Waals surface area contributed by atoms with Gasteiger partial charge in [-0.05, 0) is 24.6 Å². The predicted molar refractivity (Wildman–Crippen MR) is 125 cm³/mol. The number of aryl methyl sites for hydroxylation is 1. The first-order valence-electron chi connectivity index (χ1n) is 11.0. The van der Waals surface area contributed by atoms with Gasteiger partial charge < -0.3 is 24.0 Å². The Kier molecular flexibility index (Phi) is 6.83. The van der Waals surface area contributed by atoms with Crippen molar-refractivity contribution in [3.05, 3.63) is 69.9 Å². The molecule has 0 saturated carbocycles. The number of benzene rings is 2. The summed E-state index contributed by atoms with van der Waals surface area (Å²) in [6.45, 7) is 5.22. The van der Waals surface area contributed by atoms with E-state index in [4.69, 9.17) is 14.0 Å². The number of fused-ring (bicyclic) bond motifs is 1. The number of carboxylic acids is 1. The minimum atomic E-state index is -1.25. The van der Waals surface area contributed by atoms with Crippen LogP contribution in [0.25, 0.3) is 11.0 Å². The number of morpholine rings is 1. The van der Waals surface area contributed by atoms with Crippen LogP contribution in [0.2, 0.25) is 0 Å². The lowest BCUT2D eigenvalue weighted by Crippen LogP contribution is -2.47. The summed E-state index contributed by atoms with van der Waals surface area (Å²) >= 11 is 0. The lowest BCUT2D eigenvalue weighted by atomic mass is 10.1. The average Bonchev–Trinajstić information content (AvgIpc) is 2.83. The fraction of sp³-hybridized carbons (Fsp3) is 0.320. The molecule has 0 radical (unpaired) electrons. The van der Waals surface area contributed by atoms with Crippen LogP contribution >= 0.6 is 0 Å². The van der Waals surface area contributed by atoms with Gasteiger partial charge in [0.1, 0.15) is 5.58 Å². The van der Waals surface area contributed by atoms with Gasteiger partial charge in [0.15, 0.2) is 23.1 Å². The van der Waals surface area contributed by atoms with Crippen molar-refractivity contribution in [2.75, 3.05) is 31.2 Å². The number of nitrogens with zero attached hydrogens (tertiary/aromatic N) is 2. The molecule has 1 aliphatic heterocycles. The van der Waals surface area contributed by atoms with Gasteiger partial charge in [-0.2, -0.15) is 5.06 Å². The van der Waals surface area contributed by atoms with Crippen LogP contribution in [0.15, 0.2) is 57.7 Å². The second-order valence-electron chi connectivity index (χ2n) is 8.09. The number of amides is 1. The van der Waals surface area contributed by atoms with Gasteiger partial charge >= 0.3 is 5.97 Å². The van der Waals surface area contributed by atoms with Crippen LogP contribution in [0.3, 0.4) is 0 Å².